The quantitative estimate of drug-likeness (QED) is 0.0262. The maximum absolute atomic E-state index is 12.7. The van der Waals surface area contributed by atoms with Crippen LogP contribution in [0.25, 0.3) is 0 Å². The molecule has 0 bridgehead atoms. The Morgan fingerprint density at radius 3 is 0.955 bits per heavy atom. The summed E-state index contributed by atoms with van der Waals surface area (Å²) >= 11 is 0. The molecule has 6 nitrogen and oxygen atoms in total. The number of esters is 3. The predicted molar refractivity (Wildman–Crippen MR) is 288 cm³/mol. The van der Waals surface area contributed by atoms with Gasteiger partial charge in [-0.3, -0.25) is 14.4 Å². The van der Waals surface area contributed by atoms with Crippen molar-refractivity contribution in [3.05, 3.63) is 122 Å². The van der Waals surface area contributed by atoms with E-state index in [4.69, 9.17) is 14.2 Å². The number of carbonyl (C=O) groups is 3. The van der Waals surface area contributed by atoms with E-state index in [1.165, 1.54) is 38.5 Å². The van der Waals surface area contributed by atoms with E-state index in [1.807, 2.05) is 0 Å². The lowest BCUT2D eigenvalue weighted by Crippen LogP contribution is -2.30. The van der Waals surface area contributed by atoms with Crippen LogP contribution in [-0.4, -0.2) is 37.2 Å². The van der Waals surface area contributed by atoms with Gasteiger partial charge in [-0.15, -0.1) is 0 Å². The van der Waals surface area contributed by atoms with Crippen LogP contribution < -0.4 is 0 Å². The summed E-state index contributed by atoms with van der Waals surface area (Å²) in [6.45, 7) is 6.37. The van der Waals surface area contributed by atoms with E-state index in [2.05, 4.69) is 142 Å². The standard InChI is InChI=1S/C61H98O6/c1-4-7-10-13-16-18-20-22-24-25-26-27-28-29-30-31-32-33-34-35-36-37-38-40-41-43-45-48-51-54-60(63)66-57-58(56-65-59(62)53-50-47-15-12-9-6-3)67-61(64)55-52-49-46-44-42-39-23-21-19-17-14-11-8-5-2/h7,10,14,16-18,21-24,26-27,29-30,32-33,35-36,38,40,58H,4-6,8-9,11-13,15,19-20,25,28,31,34,37,39,41-57H2,1-3H3/b10-7-,17-14-,18-16-,23-21-,24-22-,27-26-,30-29-,33-32-,36-35-,40-38-. The first-order chi connectivity index (χ1) is 33.0. The minimum absolute atomic E-state index is 0.0947. The van der Waals surface area contributed by atoms with Crippen molar-refractivity contribution in [3.8, 4) is 0 Å². The molecule has 1 unspecified atom stereocenters. The van der Waals surface area contributed by atoms with Crippen molar-refractivity contribution in [1.29, 1.82) is 0 Å². The summed E-state index contributed by atoms with van der Waals surface area (Å²) in [5.74, 6) is -0.952. The topological polar surface area (TPSA) is 78.9 Å². The molecule has 0 heterocycles. The molecule has 0 N–H and O–H groups in total. The third-order valence-electron chi connectivity index (χ3n) is 11.0. The Morgan fingerprint density at radius 1 is 0.313 bits per heavy atom. The summed E-state index contributed by atoms with van der Waals surface area (Å²) in [6.07, 6.45) is 75.0. The normalized spacial score (nSPS) is 13.1. The number of carbonyl (C=O) groups excluding carboxylic acids is 3. The zero-order valence-electron chi connectivity index (χ0n) is 43.1. The maximum atomic E-state index is 12.7. The first-order valence-electron chi connectivity index (χ1n) is 27.0. The average molecular weight is 927 g/mol. The number of ether oxygens (including phenoxy) is 3. The lowest BCUT2D eigenvalue weighted by Gasteiger charge is -2.18. The first-order valence-corrected chi connectivity index (χ1v) is 27.0. The van der Waals surface area contributed by atoms with Crippen LogP contribution in [0.15, 0.2) is 122 Å². The molecule has 1 atom stereocenters. The molecule has 67 heavy (non-hydrogen) atoms. The monoisotopic (exact) mass is 927 g/mol. The summed E-state index contributed by atoms with van der Waals surface area (Å²) in [7, 11) is 0. The van der Waals surface area contributed by atoms with Crippen LogP contribution in [-0.2, 0) is 28.6 Å². The van der Waals surface area contributed by atoms with Crippen molar-refractivity contribution in [3.63, 3.8) is 0 Å². The second-order valence-electron chi connectivity index (χ2n) is 17.4. The first kappa shape index (κ1) is 62.8. The molecule has 0 aromatic rings. The molecule has 0 aliphatic heterocycles. The van der Waals surface area contributed by atoms with Crippen LogP contribution >= 0.6 is 0 Å². The van der Waals surface area contributed by atoms with Gasteiger partial charge in [-0.1, -0.05) is 219 Å². The van der Waals surface area contributed by atoms with Gasteiger partial charge in [-0.05, 0) is 109 Å². The Morgan fingerprint density at radius 2 is 0.597 bits per heavy atom. The maximum Gasteiger partial charge on any atom is 0.306 e. The Bertz CT molecular complexity index is 1440. The molecule has 378 valence electrons. The van der Waals surface area contributed by atoms with Crippen molar-refractivity contribution in [1.82, 2.24) is 0 Å². The zero-order valence-corrected chi connectivity index (χ0v) is 43.1. The Hall–Kier alpha value is -4.19. The van der Waals surface area contributed by atoms with Crippen LogP contribution in [0.2, 0.25) is 0 Å². The highest BCUT2D eigenvalue weighted by Crippen LogP contribution is 2.13. The van der Waals surface area contributed by atoms with Crippen LogP contribution in [0.1, 0.15) is 226 Å². The highest BCUT2D eigenvalue weighted by molar-refractivity contribution is 5.71. The van der Waals surface area contributed by atoms with Gasteiger partial charge in [0.2, 0.25) is 0 Å². The average Bonchev–Trinajstić information content (AvgIpc) is 3.33. The van der Waals surface area contributed by atoms with Crippen molar-refractivity contribution in [2.45, 2.75) is 232 Å². The van der Waals surface area contributed by atoms with Crippen LogP contribution in [0.4, 0.5) is 0 Å². The van der Waals surface area contributed by atoms with Gasteiger partial charge in [0, 0.05) is 19.3 Å². The van der Waals surface area contributed by atoms with Gasteiger partial charge in [-0.25, -0.2) is 0 Å². The second kappa shape index (κ2) is 54.4. The highest BCUT2D eigenvalue weighted by Gasteiger charge is 2.19. The Kier molecular flexibility index (Phi) is 51.0. The molecule has 0 saturated heterocycles. The number of allylic oxidation sites excluding steroid dienone is 20. The van der Waals surface area contributed by atoms with E-state index >= 15 is 0 Å². The molecular weight excluding hydrogens is 829 g/mol. The van der Waals surface area contributed by atoms with Gasteiger partial charge in [0.15, 0.2) is 6.10 Å². The highest BCUT2D eigenvalue weighted by atomic mass is 16.6. The Balaban J connectivity index is 4.24. The van der Waals surface area contributed by atoms with Crippen molar-refractivity contribution in [2.75, 3.05) is 13.2 Å². The van der Waals surface area contributed by atoms with Crippen LogP contribution in [0.5, 0.6) is 0 Å². The van der Waals surface area contributed by atoms with Crippen molar-refractivity contribution in [2.24, 2.45) is 0 Å². The summed E-state index contributed by atoms with van der Waals surface area (Å²) in [6, 6.07) is 0. The summed E-state index contributed by atoms with van der Waals surface area (Å²) in [5.41, 5.74) is 0. The van der Waals surface area contributed by atoms with E-state index in [1.54, 1.807) is 0 Å². The fourth-order valence-corrected chi connectivity index (χ4v) is 6.88. The molecule has 0 aromatic carbocycles. The van der Waals surface area contributed by atoms with Gasteiger partial charge in [0.25, 0.3) is 0 Å². The molecule has 0 fully saturated rings. The van der Waals surface area contributed by atoms with Gasteiger partial charge >= 0.3 is 17.9 Å². The van der Waals surface area contributed by atoms with Gasteiger partial charge in [-0.2, -0.15) is 0 Å². The third kappa shape index (κ3) is 52.6. The van der Waals surface area contributed by atoms with Crippen LogP contribution in [0, 0.1) is 0 Å². The number of rotatable bonds is 47. The van der Waals surface area contributed by atoms with E-state index in [-0.39, 0.29) is 31.1 Å². The summed E-state index contributed by atoms with van der Waals surface area (Å²) in [5, 5.41) is 0. The molecule has 0 aliphatic carbocycles. The van der Waals surface area contributed by atoms with Crippen molar-refractivity contribution < 1.29 is 28.6 Å². The third-order valence-corrected chi connectivity index (χ3v) is 11.0. The molecule has 0 aromatic heterocycles. The Labute approximate surface area is 412 Å². The van der Waals surface area contributed by atoms with Gasteiger partial charge < -0.3 is 14.2 Å². The minimum atomic E-state index is -0.795. The summed E-state index contributed by atoms with van der Waals surface area (Å²) < 4.78 is 16.7. The SMILES string of the molecule is CC/C=C\C/C=C\C/C=C\C/C=C\C/C=C\C/C=C\C/C=C\C/C=C\CCCCCCC(=O)OCC(COC(=O)CCCCCCCC)OC(=O)CCCCCCC/C=C\C/C=C\CCCC. The molecule has 0 aliphatic rings. The molecule has 0 radical (unpaired) electrons. The van der Waals surface area contributed by atoms with E-state index in [0.29, 0.717) is 19.3 Å². The minimum Gasteiger partial charge on any atom is -0.462 e. The molecule has 0 saturated carbocycles. The van der Waals surface area contributed by atoms with E-state index in [0.717, 1.165) is 148 Å². The second-order valence-corrected chi connectivity index (χ2v) is 17.4. The molecular formula is C61H98O6. The van der Waals surface area contributed by atoms with E-state index in [9.17, 15) is 14.4 Å². The van der Waals surface area contributed by atoms with Gasteiger partial charge in [0.1, 0.15) is 13.2 Å². The molecule has 0 spiro atoms. The lowest BCUT2D eigenvalue weighted by molar-refractivity contribution is -0.167. The van der Waals surface area contributed by atoms with Crippen molar-refractivity contribution >= 4 is 17.9 Å². The van der Waals surface area contributed by atoms with E-state index < -0.39 is 6.10 Å². The van der Waals surface area contributed by atoms with Gasteiger partial charge in [0.05, 0.1) is 0 Å². The summed E-state index contributed by atoms with van der Waals surface area (Å²) in [4.78, 5) is 37.8. The lowest BCUT2D eigenvalue weighted by atomic mass is 10.1. The number of hydrogen-bond donors (Lipinski definition) is 0. The molecule has 0 amide bonds. The molecule has 6 heteroatoms. The number of hydrogen-bond acceptors (Lipinski definition) is 6. The fraction of sp³-hybridized carbons (Fsp3) is 0.623. The predicted octanol–water partition coefficient (Wildman–Crippen LogP) is 18.1. The van der Waals surface area contributed by atoms with Crippen LogP contribution in [0.3, 0.4) is 0 Å². The molecule has 0 rings (SSSR count). The largest absolute Gasteiger partial charge is 0.462 e. The zero-order chi connectivity index (χ0) is 48.6. The fourth-order valence-electron chi connectivity index (χ4n) is 6.88. The number of unbranched alkanes of at least 4 members (excludes halogenated alkanes) is 16. The smallest absolute Gasteiger partial charge is 0.306 e.